The molecule has 0 aliphatic carbocycles. The number of aliphatic carboxylic acids is 1. The number of carboxylic acids is 1. The molecule has 36 heavy (non-hydrogen) atoms. The lowest BCUT2D eigenvalue weighted by molar-refractivity contribution is -0.137. The summed E-state index contributed by atoms with van der Waals surface area (Å²) >= 11 is 8.28. The first-order chi connectivity index (χ1) is 17.3. The van der Waals surface area contributed by atoms with Crippen molar-refractivity contribution in [3.8, 4) is 0 Å². The van der Waals surface area contributed by atoms with E-state index in [-0.39, 0.29) is 17.9 Å². The van der Waals surface area contributed by atoms with Crippen LogP contribution in [0.1, 0.15) is 78.5 Å². The summed E-state index contributed by atoms with van der Waals surface area (Å²) in [4.78, 5) is 32.8. The van der Waals surface area contributed by atoms with Gasteiger partial charge in [0, 0.05) is 48.9 Å². The molecule has 196 valence electrons. The number of piperidine rings is 1. The number of rotatable bonds is 9. The third-order valence-electron chi connectivity index (χ3n) is 7.18. The standard InChI is InChI=1S/C27H36ClN3O4S/c1-19(2)25-29-22(17-36-25)26(34)31-14-15-35-27(18-31)10-12-30(13-11-27)16-21-8-5-7-20(24(21)28)6-3-4-9-23(32)33/h5,7-8,17,19H,3-4,6,9-16,18H2,1-2H3,(H,32,33). The number of nitrogens with zero attached hydrogens (tertiary/aromatic N) is 3. The quantitative estimate of drug-likeness (QED) is 0.445. The molecule has 4 rings (SSSR count). The molecule has 0 radical (unpaired) electrons. The number of hydrogen-bond acceptors (Lipinski definition) is 6. The second-order valence-corrected chi connectivity index (χ2v) is 11.5. The van der Waals surface area contributed by atoms with Crippen molar-refractivity contribution in [2.45, 2.75) is 70.4 Å². The molecule has 2 aliphatic rings. The zero-order valence-electron chi connectivity index (χ0n) is 21.2. The topological polar surface area (TPSA) is 83.0 Å². The maximum Gasteiger partial charge on any atom is 0.303 e. The fourth-order valence-electron chi connectivity index (χ4n) is 5.03. The van der Waals surface area contributed by atoms with Gasteiger partial charge in [0.05, 0.1) is 23.8 Å². The molecule has 2 aromatic rings. The largest absolute Gasteiger partial charge is 0.481 e. The molecule has 2 saturated heterocycles. The lowest BCUT2D eigenvalue weighted by Gasteiger charge is -2.47. The number of hydrogen-bond donors (Lipinski definition) is 1. The predicted octanol–water partition coefficient (Wildman–Crippen LogP) is 5.22. The van der Waals surface area contributed by atoms with Crippen molar-refractivity contribution in [2.75, 3.05) is 32.8 Å². The zero-order valence-corrected chi connectivity index (χ0v) is 22.7. The van der Waals surface area contributed by atoms with Gasteiger partial charge < -0.3 is 14.7 Å². The lowest BCUT2D eigenvalue weighted by atomic mass is 9.89. The van der Waals surface area contributed by atoms with Gasteiger partial charge in [-0.15, -0.1) is 11.3 Å². The fourth-order valence-corrected chi connectivity index (χ4v) is 6.12. The second-order valence-electron chi connectivity index (χ2n) is 10.3. The Bertz CT molecular complexity index is 1070. The summed E-state index contributed by atoms with van der Waals surface area (Å²) in [5, 5.41) is 12.5. The summed E-state index contributed by atoms with van der Waals surface area (Å²) in [6.07, 6.45) is 4.20. The highest BCUT2D eigenvalue weighted by atomic mass is 35.5. The average Bonchev–Trinajstić information content (AvgIpc) is 3.36. The maximum atomic E-state index is 13.1. The van der Waals surface area contributed by atoms with Gasteiger partial charge in [0.2, 0.25) is 0 Å². The minimum absolute atomic E-state index is 0.00945. The van der Waals surface area contributed by atoms with Gasteiger partial charge in [-0.25, -0.2) is 4.98 Å². The van der Waals surface area contributed by atoms with E-state index in [0.29, 0.717) is 37.7 Å². The van der Waals surface area contributed by atoms with Crippen LogP contribution >= 0.6 is 22.9 Å². The molecule has 9 heteroatoms. The highest BCUT2D eigenvalue weighted by Gasteiger charge is 2.41. The maximum absolute atomic E-state index is 13.1. The molecule has 0 saturated carbocycles. The van der Waals surface area contributed by atoms with Crippen molar-refractivity contribution in [1.29, 1.82) is 0 Å². The number of unbranched alkanes of at least 4 members (excludes halogenated alkanes) is 1. The van der Waals surface area contributed by atoms with E-state index in [1.54, 1.807) is 11.3 Å². The van der Waals surface area contributed by atoms with E-state index < -0.39 is 5.97 Å². The number of carbonyl (C=O) groups is 2. The minimum atomic E-state index is -0.754. The molecule has 1 aromatic carbocycles. The molecule has 0 bridgehead atoms. The van der Waals surface area contributed by atoms with Crippen molar-refractivity contribution in [3.05, 3.63) is 50.4 Å². The van der Waals surface area contributed by atoms with Crippen molar-refractivity contribution >= 4 is 34.8 Å². The third kappa shape index (κ3) is 6.65. The Kier molecular flexibility index (Phi) is 9.04. The van der Waals surface area contributed by atoms with E-state index in [2.05, 4.69) is 29.8 Å². The highest BCUT2D eigenvalue weighted by molar-refractivity contribution is 7.09. The van der Waals surface area contributed by atoms with Crippen LogP contribution in [0.2, 0.25) is 5.02 Å². The van der Waals surface area contributed by atoms with E-state index in [1.165, 1.54) is 0 Å². The highest BCUT2D eigenvalue weighted by Crippen LogP contribution is 2.33. The molecule has 1 N–H and O–H groups in total. The molecule has 7 nitrogen and oxygen atoms in total. The van der Waals surface area contributed by atoms with Crippen LogP contribution in [0.5, 0.6) is 0 Å². The summed E-state index contributed by atoms with van der Waals surface area (Å²) in [5.41, 5.74) is 2.45. The van der Waals surface area contributed by atoms with Gasteiger partial charge in [-0.2, -0.15) is 0 Å². The third-order valence-corrected chi connectivity index (χ3v) is 8.81. The lowest BCUT2D eigenvalue weighted by Crippen LogP contribution is -2.58. The molecule has 1 spiro atoms. The molecule has 2 fully saturated rings. The number of aromatic nitrogens is 1. The molecular weight excluding hydrogens is 498 g/mol. The van der Waals surface area contributed by atoms with Crippen LogP contribution in [0.15, 0.2) is 23.6 Å². The first-order valence-electron chi connectivity index (χ1n) is 12.9. The van der Waals surface area contributed by atoms with E-state index >= 15 is 0 Å². The molecular formula is C27H36ClN3O4S. The number of thiazole rings is 1. The van der Waals surface area contributed by atoms with Crippen LogP contribution in [0, 0.1) is 0 Å². The zero-order chi connectivity index (χ0) is 25.7. The average molecular weight is 534 g/mol. The molecule has 0 unspecified atom stereocenters. The Morgan fingerprint density at radius 1 is 1.19 bits per heavy atom. The van der Waals surface area contributed by atoms with Crippen molar-refractivity contribution < 1.29 is 19.4 Å². The Hall–Kier alpha value is -2.00. The second kappa shape index (κ2) is 12.0. The van der Waals surface area contributed by atoms with Crippen molar-refractivity contribution in [1.82, 2.24) is 14.8 Å². The van der Waals surface area contributed by atoms with Crippen molar-refractivity contribution in [2.24, 2.45) is 0 Å². The van der Waals surface area contributed by atoms with Crippen LogP contribution < -0.4 is 0 Å². The summed E-state index contributed by atoms with van der Waals surface area (Å²) in [6, 6.07) is 6.14. The van der Waals surface area contributed by atoms with Gasteiger partial charge in [0.15, 0.2) is 0 Å². The first kappa shape index (κ1) is 27.0. The van der Waals surface area contributed by atoms with E-state index in [1.807, 2.05) is 22.4 Å². The Morgan fingerprint density at radius 2 is 1.94 bits per heavy atom. The van der Waals surface area contributed by atoms with Gasteiger partial charge in [-0.3, -0.25) is 14.5 Å². The summed E-state index contributed by atoms with van der Waals surface area (Å²) in [5.74, 6) is -0.422. The Balaban J connectivity index is 1.31. The number of halogens is 1. The Morgan fingerprint density at radius 3 is 2.64 bits per heavy atom. The summed E-state index contributed by atoms with van der Waals surface area (Å²) in [7, 11) is 0. The van der Waals surface area contributed by atoms with Gasteiger partial charge in [0.25, 0.3) is 5.91 Å². The monoisotopic (exact) mass is 533 g/mol. The number of likely N-dealkylation sites (tertiary alicyclic amines) is 1. The van der Waals surface area contributed by atoms with Crippen molar-refractivity contribution in [3.63, 3.8) is 0 Å². The fraction of sp³-hybridized carbons (Fsp3) is 0.593. The number of carbonyl (C=O) groups excluding carboxylic acids is 1. The molecule has 1 aromatic heterocycles. The van der Waals surface area contributed by atoms with Crippen LogP contribution in [-0.2, 0) is 22.5 Å². The van der Waals surface area contributed by atoms with Gasteiger partial charge in [-0.1, -0.05) is 43.6 Å². The van der Waals surface area contributed by atoms with Gasteiger partial charge in [-0.05, 0) is 43.2 Å². The van der Waals surface area contributed by atoms with E-state index in [9.17, 15) is 9.59 Å². The van der Waals surface area contributed by atoms with E-state index in [4.69, 9.17) is 21.4 Å². The van der Waals surface area contributed by atoms with Crippen LogP contribution in [0.3, 0.4) is 0 Å². The number of morpholine rings is 1. The SMILES string of the molecule is CC(C)c1nc(C(=O)N2CCOC3(CCN(Cc4cccc(CCCCC(=O)O)c4Cl)CC3)C2)cs1. The number of benzene rings is 1. The Labute approximate surface area is 222 Å². The normalized spacial score (nSPS) is 18.2. The van der Waals surface area contributed by atoms with Gasteiger partial charge in [0.1, 0.15) is 5.69 Å². The smallest absolute Gasteiger partial charge is 0.303 e. The number of amides is 1. The molecule has 0 atom stereocenters. The predicted molar refractivity (Wildman–Crippen MR) is 142 cm³/mol. The summed E-state index contributed by atoms with van der Waals surface area (Å²) < 4.78 is 6.27. The number of ether oxygens (including phenoxy) is 1. The molecule has 1 amide bonds. The van der Waals surface area contributed by atoms with Gasteiger partial charge >= 0.3 is 5.97 Å². The minimum Gasteiger partial charge on any atom is -0.481 e. The molecule has 3 heterocycles. The van der Waals surface area contributed by atoms with Crippen LogP contribution in [0.25, 0.3) is 0 Å². The number of carboxylic acid groups (broad SMARTS) is 1. The van der Waals surface area contributed by atoms with Crippen LogP contribution in [-0.4, -0.2) is 70.2 Å². The van der Waals surface area contributed by atoms with E-state index in [0.717, 1.165) is 66.5 Å². The first-order valence-corrected chi connectivity index (χ1v) is 14.1. The van der Waals surface area contributed by atoms with Crippen LogP contribution in [0.4, 0.5) is 0 Å². The number of aryl methyl sites for hydroxylation is 1. The molecule has 2 aliphatic heterocycles. The summed E-state index contributed by atoms with van der Waals surface area (Å²) in [6.45, 7) is 8.51.